The van der Waals surface area contributed by atoms with Gasteiger partial charge in [0, 0.05) is 11.9 Å². The lowest BCUT2D eigenvalue weighted by Crippen LogP contribution is -2.46. The first-order chi connectivity index (χ1) is 16.4. The molecule has 1 heterocycles. The molecule has 1 fully saturated rings. The summed E-state index contributed by atoms with van der Waals surface area (Å²) < 4.78 is 38.9. The van der Waals surface area contributed by atoms with Gasteiger partial charge in [0.2, 0.25) is 15.9 Å². The monoisotopic (exact) mass is 479 g/mol. The van der Waals surface area contributed by atoms with Crippen LogP contribution in [0.3, 0.4) is 0 Å². The number of amides is 1. The molecule has 3 aromatic rings. The van der Waals surface area contributed by atoms with Crippen molar-refractivity contribution in [1.82, 2.24) is 9.62 Å². The largest absolute Gasteiger partial charge is 0.493 e. The Balaban J connectivity index is 1.60. The van der Waals surface area contributed by atoms with Gasteiger partial charge < -0.3 is 14.8 Å². The molecule has 0 spiro atoms. The quantitative estimate of drug-likeness (QED) is 0.556. The van der Waals surface area contributed by atoms with Gasteiger partial charge in [-0.2, -0.15) is 9.57 Å². The number of carbonyl (C=O) groups excluding carboxylic acids is 1. The Hall–Kier alpha value is -3.61. The molecule has 1 aliphatic heterocycles. The van der Waals surface area contributed by atoms with Gasteiger partial charge in [-0.25, -0.2) is 8.42 Å². The van der Waals surface area contributed by atoms with Gasteiger partial charge in [0.1, 0.15) is 12.1 Å². The summed E-state index contributed by atoms with van der Waals surface area (Å²) >= 11 is 0. The normalized spacial score (nSPS) is 17.1. The zero-order chi connectivity index (χ0) is 24.3. The second-order valence-electron chi connectivity index (χ2n) is 7.94. The summed E-state index contributed by atoms with van der Waals surface area (Å²) in [6.45, 7) is 0.233. The molecule has 1 unspecified atom stereocenters. The summed E-state index contributed by atoms with van der Waals surface area (Å²) in [5, 5.41) is 13.8. The van der Waals surface area contributed by atoms with Crippen molar-refractivity contribution in [2.24, 2.45) is 0 Å². The summed E-state index contributed by atoms with van der Waals surface area (Å²) in [5.74, 6) is 0.413. The molecule has 1 amide bonds. The highest BCUT2D eigenvalue weighted by Crippen LogP contribution is 2.32. The van der Waals surface area contributed by atoms with Crippen molar-refractivity contribution < 1.29 is 22.7 Å². The number of nitriles is 1. The third kappa shape index (κ3) is 4.30. The highest BCUT2D eigenvalue weighted by atomic mass is 32.2. The second kappa shape index (κ2) is 9.71. The number of carbonyl (C=O) groups is 1. The average molecular weight is 480 g/mol. The Morgan fingerprint density at radius 3 is 2.56 bits per heavy atom. The molecule has 0 bridgehead atoms. The molecule has 0 aliphatic carbocycles. The Kier molecular flexibility index (Phi) is 6.72. The van der Waals surface area contributed by atoms with Crippen LogP contribution in [0.4, 0.5) is 0 Å². The summed E-state index contributed by atoms with van der Waals surface area (Å²) in [5.41, 5.74) is 0.509. The van der Waals surface area contributed by atoms with Crippen molar-refractivity contribution in [3.8, 4) is 17.6 Å². The molecule has 1 N–H and O–H groups in total. The highest BCUT2D eigenvalue weighted by Gasteiger charge is 2.40. The van der Waals surface area contributed by atoms with Crippen LogP contribution in [0.2, 0.25) is 0 Å². The van der Waals surface area contributed by atoms with Gasteiger partial charge in [0.15, 0.2) is 11.5 Å². The summed E-state index contributed by atoms with van der Waals surface area (Å²) in [6, 6.07) is 17.5. The molecule has 9 heteroatoms. The van der Waals surface area contributed by atoms with E-state index in [9.17, 15) is 18.5 Å². The Bertz CT molecular complexity index is 1360. The number of methoxy groups -OCH3 is 2. The number of nitrogens with zero attached hydrogens (tertiary/aromatic N) is 2. The predicted octanol–water partition coefficient (Wildman–Crippen LogP) is 3.39. The molecule has 0 aromatic heterocycles. The molecule has 1 aliphatic rings. The lowest BCUT2D eigenvalue weighted by atomic mass is 10.1. The van der Waals surface area contributed by atoms with Crippen molar-refractivity contribution in [1.29, 1.82) is 5.26 Å². The number of hydrogen-bond acceptors (Lipinski definition) is 6. The Morgan fingerprint density at radius 2 is 1.82 bits per heavy atom. The first-order valence-electron chi connectivity index (χ1n) is 10.8. The van der Waals surface area contributed by atoms with Crippen LogP contribution in [-0.4, -0.2) is 45.4 Å². The predicted molar refractivity (Wildman–Crippen MR) is 127 cm³/mol. The molecule has 34 heavy (non-hydrogen) atoms. The van der Waals surface area contributed by atoms with E-state index in [2.05, 4.69) is 11.4 Å². The maximum atomic E-state index is 13.6. The minimum Gasteiger partial charge on any atom is -0.493 e. The SMILES string of the molecule is COc1ccc(C(C#N)NC(=O)[C@@H]2CCCN2S(=O)(=O)c2cccc3ccccc23)cc1OC. The van der Waals surface area contributed by atoms with Gasteiger partial charge in [-0.3, -0.25) is 4.79 Å². The van der Waals surface area contributed by atoms with Crippen LogP contribution >= 0.6 is 0 Å². The average Bonchev–Trinajstić information content (AvgIpc) is 3.37. The standard InChI is InChI=1S/C25H25N3O5S/c1-32-22-13-12-18(15-23(22)33-2)20(16-26)27-25(29)21-10-6-14-28(21)34(30,31)24-11-5-8-17-7-3-4-9-19(17)24/h3-5,7-9,11-13,15,20-21H,6,10,14H2,1-2H3,(H,27,29)/t20?,21-/m0/s1. The highest BCUT2D eigenvalue weighted by molar-refractivity contribution is 7.89. The minimum absolute atomic E-state index is 0.169. The third-order valence-corrected chi connectivity index (χ3v) is 7.97. The van der Waals surface area contributed by atoms with Crippen molar-refractivity contribution in [3.63, 3.8) is 0 Å². The summed E-state index contributed by atoms with van der Waals surface area (Å²) in [4.78, 5) is 13.4. The van der Waals surface area contributed by atoms with E-state index in [0.717, 1.165) is 5.39 Å². The van der Waals surface area contributed by atoms with Crippen LogP contribution in [-0.2, 0) is 14.8 Å². The number of fused-ring (bicyclic) bond motifs is 1. The lowest BCUT2D eigenvalue weighted by Gasteiger charge is -2.25. The fourth-order valence-corrected chi connectivity index (χ4v) is 6.17. The van der Waals surface area contributed by atoms with Crippen LogP contribution < -0.4 is 14.8 Å². The zero-order valence-corrected chi connectivity index (χ0v) is 19.7. The van der Waals surface area contributed by atoms with Gasteiger partial charge in [-0.15, -0.1) is 0 Å². The van der Waals surface area contributed by atoms with Crippen molar-refractivity contribution in [2.75, 3.05) is 20.8 Å². The van der Waals surface area contributed by atoms with E-state index in [1.165, 1.54) is 18.5 Å². The van der Waals surface area contributed by atoms with E-state index in [4.69, 9.17) is 9.47 Å². The molecule has 0 saturated carbocycles. The van der Waals surface area contributed by atoms with E-state index >= 15 is 0 Å². The number of benzene rings is 3. The summed E-state index contributed by atoms with van der Waals surface area (Å²) in [7, 11) is -0.945. The van der Waals surface area contributed by atoms with E-state index in [1.54, 1.807) is 42.5 Å². The maximum absolute atomic E-state index is 13.6. The molecular weight excluding hydrogens is 454 g/mol. The molecule has 2 atom stereocenters. The molecule has 8 nitrogen and oxygen atoms in total. The molecule has 3 aromatic carbocycles. The van der Waals surface area contributed by atoms with Gasteiger partial charge in [0.25, 0.3) is 0 Å². The van der Waals surface area contributed by atoms with Crippen LogP contribution in [0.15, 0.2) is 65.6 Å². The third-order valence-electron chi connectivity index (χ3n) is 6.00. The first-order valence-corrected chi connectivity index (χ1v) is 12.3. The summed E-state index contributed by atoms with van der Waals surface area (Å²) in [6.07, 6.45) is 0.926. The molecule has 4 rings (SSSR count). The van der Waals surface area contributed by atoms with Crippen LogP contribution in [0.25, 0.3) is 10.8 Å². The fourth-order valence-electron chi connectivity index (χ4n) is 4.30. The number of ether oxygens (including phenoxy) is 2. The molecular formula is C25H25N3O5S. The second-order valence-corrected chi connectivity index (χ2v) is 9.80. The number of sulfonamides is 1. The van der Waals surface area contributed by atoms with E-state index in [0.29, 0.717) is 35.3 Å². The minimum atomic E-state index is -3.93. The zero-order valence-electron chi connectivity index (χ0n) is 18.9. The Labute approximate surface area is 198 Å². The van der Waals surface area contributed by atoms with Crippen molar-refractivity contribution >= 4 is 26.7 Å². The molecule has 0 radical (unpaired) electrons. The van der Waals surface area contributed by atoms with Crippen LogP contribution in [0, 0.1) is 11.3 Å². The fraction of sp³-hybridized carbons (Fsp3) is 0.280. The van der Waals surface area contributed by atoms with Gasteiger partial charge in [-0.1, -0.05) is 42.5 Å². The topological polar surface area (TPSA) is 109 Å². The first kappa shape index (κ1) is 23.5. The van der Waals surface area contributed by atoms with Crippen LogP contribution in [0.5, 0.6) is 11.5 Å². The van der Waals surface area contributed by atoms with Crippen molar-refractivity contribution in [2.45, 2.75) is 29.8 Å². The lowest BCUT2D eigenvalue weighted by molar-refractivity contribution is -0.124. The van der Waals surface area contributed by atoms with Gasteiger partial charge in [-0.05, 0) is 42.0 Å². The number of rotatable bonds is 7. The molecule has 1 saturated heterocycles. The number of hydrogen-bond donors (Lipinski definition) is 1. The van der Waals surface area contributed by atoms with Crippen LogP contribution in [0.1, 0.15) is 24.4 Å². The van der Waals surface area contributed by atoms with Gasteiger partial charge >= 0.3 is 0 Å². The number of nitrogens with one attached hydrogen (secondary N) is 1. The van der Waals surface area contributed by atoms with E-state index < -0.39 is 28.0 Å². The van der Waals surface area contributed by atoms with E-state index in [-0.39, 0.29) is 11.4 Å². The van der Waals surface area contributed by atoms with E-state index in [1.807, 2.05) is 18.2 Å². The van der Waals surface area contributed by atoms with Gasteiger partial charge in [0.05, 0.1) is 25.2 Å². The molecule has 176 valence electrons. The Morgan fingerprint density at radius 1 is 1.09 bits per heavy atom. The smallest absolute Gasteiger partial charge is 0.244 e. The maximum Gasteiger partial charge on any atom is 0.244 e. The van der Waals surface area contributed by atoms with Crippen molar-refractivity contribution in [3.05, 3.63) is 66.2 Å².